The largest absolute Gasteiger partial charge is 0.356 e. The van der Waals surface area contributed by atoms with Gasteiger partial charge in [0.15, 0.2) is 0 Å². The van der Waals surface area contributed by atoms with Crippen molar-refractivity contribution in [3.8, 4) is 0 Å². The fourth-order valence-corrected chi connectivity index (χ4v) is 3.45. The molecule has 116 valence electrons. The van der Waals surface area contributed by atoms with Crippen molar-refractivity contribution in [2.45, 2.75) is 75.8 Å². The third kappa shape index (κ3) is 4.74. The van der Waals surface area contributed by atoms with Crippen molar-refractivity contribution in [1.82, 2.24) is 10.2 Å². The zero-order chi connectivity index (χ0) is 14.4. The number of amides is 1. The van der Waals surface area contributed by atoms with E-state index in [1.165, 1.54) is 38.5 Å². The van der Waals surface area contributed by atoms with Gasteiger partial charge in [0, 0.05) is 24.5 Å². The second-order valence-corrected chi connectivity index (χ2v) is 6.87. The van der Waals surface area contributed by atoms with Gasteiger partial charge in [0.25, 0.3) is 0 Å². The lowest BCUT2D eigenvalue weighted by molar-refractivity contribution is -0.123. The summed E-state index contributed by atoms with van der Waals surface area (Å²) in [6.07, 6.45) is 11.6. The van der Waals surface area contributed by atoms with Crippen LogP contribution in [0.4, 0.5) is 0 Å². The highest BCUT2D eigenvalue weighted by molar-refractivity contribution is 5.77. The minimum Gasteiger partial charge on any atom is -0.356 e. The number of carbonyl (C=O) groups is 1. The second kappa shape index (κ2) is 7.41. The van der Waals surface area contributed by atoms with Crippen molar-refractivity contribution in [2.75, 3.05) is 20.1 Å². The van der Waals surface area contributed by atoms with Crippen molar-refractivity contribution in [3.63, 3.8) is 0 Å². The Morgan fingerprint density at radius 1 is 1.25 bits per heavy atom. The molecule has 0 unspecified atom stereocenters. The maximum atomic E-state index is 11.8. The quantitative estimate of drug-likeness (QED) is 0.702. The van der Waals surface area contributed by atoms with Gasteiger partial charge in [-0.25, -0.2) is 0 Å². The molecule has 0 aromatic rings. The molecule has 0 aliphatic heterocycles. The molecule has 0 aromatic carbocycles. The second-order valence-electron chi connectivity index (χ2n) is 6.87. The lowest BCUT2D eigenvalue weighted by Gasteiger charge is -2.37. The van der Waals surface area contributed by atoms with Gasteiger partial charge >= 0.3 is 0 Å². The van der Waals surface area contributed by atoms with Crippen molar-refractivity contribution in [2.24, 2.45) is 5.73 Å². The normalized spacial score (nSPS) is 22.6. The Bertz CT molecular complexity index is 309. The smallest absolute Gasteiger partial charge is 0.221 e. The molecule has 4 heteroatoms. The average molecular weight is 281 g/mol. The highest BCUT2D eigenvalue weighted by atomic mass is 16.1. The third-order valence-corrected chi connectivity index (χ3v) is 5.07. The van der Waals surface area contributed by atoms with Gasteiger partial charge in [-0.1, -0.05) is 19.3 Å². The van der Waals surface area contributed by atoms with Crippen molar-refractivity contribution < 1.29 is 4.79 Å². The van der Waals surface area contributed by atoms with Gasteiger partial charge in [-0.15, -0.1) is 0 Å². The summed E-state index contributed by atoms with van der Waals surface area (Å²) >= 11 is 0. The van der Waals surface area contributed by atoms with E-state index in [2.05, 4.69) is 17.3 Å². The third-order valence-electron chi connectivity index (χ3n) is 5.07. The summed E-state index contributed by atoms with van der Waals surface area (Å²) in [5.41, 5.74) is 5.89. The maximum absolute atomic E-state index is 11.8. The van der Waals surface area contributed by atoms with Crippen LogP contribution in [0.5, 0.6) is 0 Å². The number of carbonyl (C=O) groups excluding carboxylic acids is 1. The summed E-state index contributed by atoms with van der Waals surface area (Å²) in [4.78, 5) is 14.3. The van der Waals surface area contributed by atoms with E-state index in [1.807, 2.05) is 0 Å². The first kappa shape index (κ1) is 15.8. The molecule has 0 heterocycles. The molecule has 2 fully saturated rings. The Balaban J connectivity index is 1.53. The lowest BCUT2D eigenvalue weighted by atomic mass is 9.75. The molecule has 0 atom stereocenters. The lowest BCUT2D eigenvalue weighted by Crippen LogP contribution is -2.50. The number of nitrogens with one attached hydrogen (secondary N) is 1. The van der Waals surface area contributed by atoms with Crippen molar-refractivity contribution in [3.05, 3.63) is 0 Å². The molecular formula is C16H31N3O. The van der Waals surface area contributed by atoms with Crippen LogP contribution in [-0.2, 0) is 4.79 Å². The first-order chi connectivity index (χ1) is 9.59. The van der Waals surface area contributed by atoms with Crippen molar-refractivity contribution >= 4 is 5.91 Å². The SMILES string of the molecule is CN(CCCNC(=O)CC1(N)CCC1)C1CCCCC1. The average Bonchev–Trinajstić information content (AvgIpc) is 2.42. The van der Waals surface area contributed by atoms with Crippen LogP contribution < -0.4 is 11.1 Å². The first-order valence-electron chi connectivity index (χ1n) is 8.35. The highest BCUT2D eigenvalue weighted by Gasteiger charge is 2.34. The monoisotopic (exact) mass is 281 g/mol. The summed E-state index contributed by atoms with van der Waals surface area (Å²) in [6.45, 7) is 1.87. The molecule has 0 radical (unpaired) electrons. The number of hydrogen-bond donors (Lipinski definition) is 2. The molecule has 0 spiro atoms. The van der Waals surface area contributed by atoms with Crippen LogP contribution in [-0.4, -0.2) is 42.5 Å². The predicted octanol–water partition coefficient (Wildman–Crippen LogP) is 2.03. The predicted molar refractivity (Wildman–Crippen MR) is 82.5 cm³/mol. The Kier molecular flexibility index (Phi) is 5.85. The molecule has 4 nitrogen and oxygen atoms in total. The molecule has 0 bridgehead atoms. The zero-order valence-electron chi connectivity index (χ0n) is 13.0. The van der Waals surface area contributed by atoms with Gasteiger partial charge in [0.1, 0.15) is 0 Å². The number of nitrogens with two attached hydrogens (primary N) is 1. The summed E-state index contributed by atoms with van der Waals surface area (Å²) in [7, 11) is 2.22. The fourth-order valence-electron chi connectivity index (χ4n) is 3.45. The Hall–Kier alpha value is -0.610. The first-order valence-corrected chi connectivity index (χ1v) is 8.35. The van der Waals surface area contributed by atoms with E-state index in [1.54, 1.807) is 0 Å². The van der Waals surface area contributed by atoms with E-state index in [-0.39, 0.29) is 11.4 Å². The number of hydrogen-bond acceptors (Lipinski definition) is 3. The Labute approximate surface area is 123 Å². The summed E-state index contributed by atoms with van der Waals surface area (Å²) in [6, 6.07) is 0.765. The van der Waals surface area contributed by atoms with Crippen LogP contribution in [0.15, 0.2) is 0 Å². The molecule has 3 N–H and O–H groups in total. The number of rotatable bonds is 7. The van der Waals surface area contributed by atoms with Gasteiger partial charge in [0.2, 0.25) is 5.91 Å². The Morgan fingerprint density at radius 3 is 2.55 bits per heavy atom. The maximum Gasteiger partial charge on any atom is 0.221 e. The van der Waals surface area contributed by atoms with Gasteiger partial charge in [0.05, 0.1) is 0 Å². The van der Waals surface area contributed by atoms with E-state index < -0.39 is 0 Å². The molecule has 2 aliphatic carbocycles. The van der Waals surface area contributed by atoms with E-state index in [9.17, 15) is 4.79 Å². The van der Waals surface area contributed by atoms with Crippen LogP contribution in [0.1, 0.15) is 64.2 Å². The van der Waals surface area contributed by atoms with Gasteiger partial charge in [-0.3, -0.25) is 4.79 Å². The molecule has 2 rings (SSSR count). The van der Waals surface area contributed by atoms with E-state index in [4.69, 9.17) is 5.73 Å². The summed E-state index contributed by atoms with van der Waals surface area (Å²) in [5, 5.41) is 3.02. The van der Waals surface area contributed by atoms with Gasteiger partial charge in [-0.05, 0) is 52.1 Å². The zero-order valence-corrected chi connectivity index (χ0v) is 13.0. The number of nitrogens with zero attached hydrogens (tertiary/aromatic N) is 1. The standard InChI is InChI=1S/C16H31N3O/c1-19(14-7-3-2-4-8-14)12-6-11-18-15(20)13-16(17)9-5-10-16/h14H,2-13,17H2,1H3,(H,18,20). The minimum absolute atomic E-state index is 0.132. The van der Waals surface area contributed by atoms with E-state index in [0.717, 1.165) is 38.4 Å². The topological polar surface area (TPSA) is 58.4 Å². The summed E-state index contributed by atoms with van der Waals surface area (Å²) < 4.78 is 0. The molecule has 20 heavy (non-hydrogen) atoms. The van der Waals surface area contributed by atoms with Gasteiger partial charge < -0.3 is 16.0 Å². The van der Waals surface area contributed by atoms with Crippen LogP contribution in [0.3, 0.4) is 0 Å². The molecule has 0 aromatic heterocycles. The Morgan fingerprint density at radius 2 is 1.95 bits per heavy atom. The van der Waals surface area contributed by atoms with Crippen LogP contribution in [0, 0.1) is 0 Å². The van der Waals surface area contributed by atoms with Crippen LogP contribution in [0.25, 0.3) is 0 Å². The summed E-state index contributed by atoms with van der Waals surface area (Å²) in [5.74, 6) is 0.132. The van der Waals surface area contributed by atoms with E-state index in [0.29, 0.717) is 6.42 Å². The van der Waals surface area contributed by atoms with E-state index >= 15 is 0 Å². The molecular weight excluding hydrogens is 250 g/mol. The molecule has 1 amide bonds. The van der Waals surface area contributed by atoms with Crippen LogP contribution in [0.2, 0.25) is 0 Å². The van der Waals surface area contributed by atoms with Crippen LogP contribution >= 0.6 is 0 Å². The fraction of sp³-hybridized carbons (Fsp3) is 0.938. The highest BCUT2D eigenvalue weighted by Crippen LogP contribution is 2.31. The molecule has 0 saturated heterocycles. The van der Waals surface area contributed by atoms with Gasteiger partial charge in [-0.2, -0.15) is 0 Å². The minimum atomic E-state index is -0.191. The molecule has 2 saturated carbocycles. The molecule has 2 aliphatic rings. The van der Waals surface area contributed by atoms with Crippen molar-refractivity contribution in [1.29, 1.82) is 0 Å².